The SMILES string of the molecule is CCOC(=O)c1c(N/C=C(\C#N)c2nc(C)cs2)sc2c1CCSC2. The summed E-state index contributed by atoms with van der Waals surface area (Å²) in [6, 6.07) is 2.17. The third-order valence-corrected chi connectivity index (χ3v) is 6.94. The monoisotopic (exact) mass is 391 g/mol. The van der Waals surface area contributed by atoms with E-state index in [2.05, 4.69) is 16.4 Å². The van der Waals surface area contributed by atoms with Crippen molar-refractivity contribution in [2.45, 2.75) is 26.0 Å². The number of carbonyl (C=O) groups excluding carboxylic acids is 1. The minimum Gasteiger partial charge on any atom is -0.462 e. The molecule has 0 unspecified atom stereocenters. The van der Waals surface area contributed by atoms with Crippen LogP contribution in [0.5, 0.6) is 0 Å². The largest absolute Gasteiger partial charge is 0.462 e. The summed E-state index contributed by atoms with van der Waals surface area (Å²) in [7, 11) is 0. The van der Waals surface area contributed by atoms with Gasteiger partial charge in [-0.1, -0.05) is 0 Å². The molecule has 130 valence electrons. The van der Waals surface area contributed by atoms with E-state index in [9.17, 15) is 10.1 Å². The number of aromatic nitrogens is 1. The van der Waals surface area contributed by atoms with Crippen molar-refractivity contribution < 1.29 is 9.53 Å². The second-order valence-corrected chi connectivity index (χ2v) is 8.41. The number of allylic oxidation sites excluding steroid dienone is 1. The topological polar surface area (TPSA) is 75.0 Å². The number of thiazole rings is 1. The van der Waals surface area contributed by atoms with Crippen LogP contribution in [0.3, 0.4) is 0 Å². The smallest absolute Gasteiger partial charge is 0.341 e. The quantitative estimate of drug-likeness (QED) is 0.599. The van der Waals surface area contributed by atoms with Crippen molar-refractivity contribution in [3.05, 3.63) is 38.3 Å². The highest BCUT2D eigenvalue weighted by Crippen LogP contribution is 2.40. The number of nitriles is 1. The molecular formula is C17H17N3O2S3. The average Bonchev–Trinajstić information content (AvgIpc) is 3.19. The number of ether oxygens (including phenoxy) is 1. The van der Waals surface area contributed by atoms with Gasteiger partial charge in [-0.25, -0.2) is 9.78 Å². The van der Waals surface area contributed by atoms with Gasteiger partial charge in [-0.05, 0) is 31.6 Å². The summed E-state index contributed by atoms with van der Waals surface area (Å²) in [6.45, 7) is 4.04. The molecule has 2 aromatic rings. The van der Waals surface area contributed by atoms with Crippen molar-refractivity contribution in [3.63, 3.8) is 0 Å². The number of thiophene rings is 1. The fraction of sp³-hybridized carbons (Fsp3) is 0.353. The number of esters is 1. The van der Waals surface area contributed by atoms with E-state index in [-0.39, 0.29) is 5.97 Å². The zero-order chi connectivity index (χ0) is 17.8. The molecule has 8 heteroatoms. The van der Waals surface area contributed by atoms with Crippen molar-refractivity contribution in [1.29, 1.82) is 5.26 Å². The zero-order valence-electron chi connectivity index (χ0n) is 13.9. The van der Waals surface area contributed by atoms with Crippen LogP contribution in [0, 0.1) is 18.3 Å². The van der Waals surface area contributed by atoms with Gasteiger partial charge in [-0.3, -0.25) is 0 Å². The van der Waals surface area contributed by atoms with Crippen LogP contribution in [0.4, 0.5) is 5.00 Å². The molecule has 5 nitrogen and oxygen atoms in total. The van der Waals surface area contributed by atoms with Crippen LogP contribution < -0.4 is 5.32 Å². The summed E-state index contributed by atoms with van der Waals surface area (Å²) in [5.41, 5.74) is 3.04. The van der Waals surface area contributed by atoms with Gasteiger partial charge in [0, 0.05) is 27.9 Å². The Morgan fingerprint density at radius 2 is 2.40 bits per heavy atom. The fourth-order valence-corrected chi connectivity index (χ4v) is 5.61. The van der Waals surface area contributed by atoms with Crippen LogP contribution in [0.1, 0.15) is 38.4 Å². The number of aryl methyl sites for hydroxylation is 1. The predicted octanol–water partition coefficient (Wildman–Crippen LogP) is 4.46. The highest BCUT2D eigenvalue weighted by molar-refractivity contribution is 7.98. The second-order valence-electron chi connectivity index (χ2n) is 5.34. The molecule has 1 aliphatic rings. The Kier molecular flexibility index (Phi) is 5.78. The van der Waals surface area contributed by atoms with E-state index in [4.69, 9.17) is 4.74 Å². The molecule has 0 spiro atoms. The standard InChI is InChI=1S/C17H17N3O2S3/c1-3-22-17(21)14-12-4-5-23-9-13(12)25-16(14)19-7-11(6-18)15-20-10(2)8-24-15/h7-8,19H,3-5,9H2,1-2H3/b11-7+. The normalized spacial score (nSPS) is 13.9. The lowest BCUT2D eigenvalue weighted by atomic mass is 10.1. The molecule has 0 atom stereocenters. The summed E-state index contributed by atoms with van der Waals surface area (Å²) in [4.78, 5) is 18.0. The molecule has 0 fully saturated rings. The van der Waals surface area contributed by atoms with Crippen molar-refractivity contribution in [2.24, 2.45) is 0 Å². The first-order valence-corrected chi connectivity index (χ1v) is 10.7. The lowest BCUT2D eigenvalue weighted by Crippen LogP contribution is -2.11. The molecule has 0 saturated carbocycles. The number of thioether (sulfide) groups is 1. The highest BCUT2D eigenvalue weighted by atomic mass is 32.2. The Morgan fingerprint density at radius 3 is 3.08 bits per heavy atom. The van der Waals surface area contributed by atoms with Crippen molar-refractivity contribution in [1.82, 2.24) is 4.98 Å². The molecule has 0 aromatic carbocycles. The Hall–Kier alpha value is -1.82. The predicted molar refractivity (Wildman–Crippen MR) is 104 cm³/mol. The molecule has 3 heterocycles. The summed E-state index contributed by atoms with van der Waals surface area (Å²) in [5, 5.41) is 15.9. The molecule has 0 aliphatic carbocycles. The maximum Gasteiger partial charge on any atom is 0.341 e. The average molecular weight is 392 g/mol. The van der Waals surface area contributed by atoms with Crippen LogP contribution in [-0.2, 0) is 16.9 Å². The minimum atomic E-state index is -0.300. The van der Waals surface area contributed by atoms with Gasteiger partial charge in [0.05, 0.1) is 12.2 Å². The van der Waals surface area contributed by atoms with Gasteiger partial charge >= 0.3 is 5.97 Å². The number of rotatable bonds is 5. The van der Waals surface area contributed by atoms with Crippen molar-refractivity contribution >= 4 is 51.0 Å². The second kappa shape index (κ2) is 8.04. The summed E-state index contributed by atoms with van der Waals surface area (Å²) in [6.07, 6.45) is 2.50. The van der Waals surface area contributed by atoms with E-state index >= 15 is 0 Å². The van der Waals surface area contributed by atoms with Crippen LogP contribution >= 0.6 is 34.4 Å². The number of anilines is 1. The maximum atomic E-state index is 12.4. The lowest BCUT2D eigenvalue weighted by Gasteiger charge is -2.12. The Bertz CT molecular complexity index is 861. The van der Waals surface area contributed by atoms with Crippen LogP contribution in [0.25, 0.3) is 5.57 Å². The summed E-state index contributed by atoms with van der Waals surface area (Å²) in [5.74, 6) is 1.62. The minimum absolute atomic E-state index is 0.300. The third-order valence-electron chi connectivity index (χ3n) is 3.62. The first-order chi connectivity index (χ1) is 12.1. The zero-order valence-corrected chi connectivity index (χ0v) is 16.4. The number of nitrogens with zero attached hydrogens (tertiary/aromatic N) is 2. The van der Waals surface area contributed by atoms with Crippen molar-refractivity contribution in [3.8, 4) is 6.07 Å². The maximum absolute atomic E-state index is 12.4. The van der Waals surface area contributed by atoms with Gasteiger partial charge in [0.2, 0.25) is 0 Å². The van der Waals surface area contributed by atoms with Gasteiger partial charge in [-0.2, -0.15) is 17.0 Å². The molecule has 0 radical (unpaired) electrons. The van der Waals surface area contributed by atoms with E-state index in [0.717, 1.165) is 34.2 Å². The highest BCUT2D eigenvalue weighted by Gasteiger charge is 2.26. The van der Waals surface area contributed by atoms with E-state index in [1.54, 1.807) is 24.5 Å². The van der Waals surface area contributed by atoms with Crippen LogP contribution in [0.2, 0.25) is 0 Å². The Labute approximate surface area is 158 Å². The lowest BCUT2D eigenvalue weighted by molar-refractivity contribution is 0.0527. The molecule has 1 aliphatic heterocycles. The van der Waals surface area contributed by atoms with E-state index in [1.807, 2.05) is 24.1 Å². The van der Waals surface area contributed by atoms with Gasteiger partial charge in [0.15, 0.2) is 0 Å². The van der Waals surface area contributed by atoms with Crippen LogP contribution in [-0.4, -0.2) is 23.3 Å². The molecule has 25 heavy (non-hydrogen) atoms. The fourth-order valence-electron chi connectivity index (χ4n) is 2.51. The van der Waals surface area contributed by atoms with Gasteiger partial charge in [0.1, 0.15) is 21.7 Å². The first kappa shape index (κ1) is 18.0. The van der Waals surface area contributed by atoms with Gasteiger partial charge in [0.25, 0.3) is 0 Å². The molecular weight excluding hydrogens is 374 g/mol. The molecule has 2 aromatic heterocycles. The van der Waals surface area contributed by atoms with Gasteiger partial charge < -0.3 is 10.1 Å². The van der Waals surface area contributed by atoms with E-state index in [0.29, 0.717) is 22.8 Å². The molecule has 0 saturated heterocycles. The van der Waals surface area contributed by atoms with Crippen LogP contribution in [0.15, 0.2) is 11.6 Å². The Morgan fingerprint density at radius 1 is 1.56 bits per heavy atom. The Balaban J connectivity index is 1.94. The first-order valence-electron chi connectivity index (χ1n) is 7.82. The molecule has 0 bridgehead atoms. The number of fused-ring (bicyclic) bond motifs is 1. The third kappa shape index (κ3) is 3.89. The summed E-state index contributed by atoms with van der Waals surface area (Å²) < 4.78 is 5.24. The van der Waals surface area contributed by atoms with E-state index < -0.39 is 0 Å². The number of carbonyl (C=O) groups is 1. The van der Waals surface area contributed by atoms with Gasteiger partial charge in [-0.15, -0.1) is 22.7 Å². The van der Waals surface area contributed by atoms with E-state index in [1.165, 1.54) is 16.2 Å². The number of hydrogen-bond donors (Lipinski definition) is 1. The molecule has 3 rings (SSSR count). The number of nitrogens with one attached hydrogen (secondary N) is 1. The molecule has 1 N–H and O–H groups in total. The van der Waals surface area contributed by atoms with Crippen molar-refractivity contribution in [2.75, 3.05) is 17.7 Å². The summed E-state index contributed by atoms with van der Waals surface area (Å²) >= 11 is 4.86. The molecule has 0 amide bonds. The number of hydrogen-bond acceptors (Lipinski definition) is 8.